The number of amides is 1. The zero-order chi connectivity index (χ0) is 16.8. The number of benzene rings is 2. The van der Waals surface area contributed by atoms with Crippen LogP contribution in [0.15, 0.2) is 54.7 Å². The Hall–Kier alpha value is -2.75. The van der Waals surface area contributed by atoms with Gasteiger partial charge in [-0.25, -0.2) is 0 Å². The molecule has 4 nitrogen and oxygen atoms in total. The number of carbonyl (C=O) groups excluding carboxylic acids is 1. The predicted octanol–water partition coefficient (Wildman–Crippen LogP) is 3.50. The third kappa shape index (κ3) is 3.96. The monoisotopic (exact) mass is 321 g/mol. The first-order valence-corrected chi connectivity index (χ1v) is 8.41. The topological polar surface area (TPSA) is 56.9 Å². The van der Waals surface area contributed by atoms with Crippen molar-refractivity contribution < 1.29 is 4.79 Å². The van der Waals surface area contributed by atoms with Crippen LogP contribution < -0.4 is 10.6 Å². The first-order chi connectivity index (χ1) is 11.8. The second-order valence-electron chi connectivity index (χ2n) is 5.86. The number of carbonyl (C=O) groups is 1. The van der Waals surface area contributed by atoms with Gasteiger partial charge < -0.3 is 15.6 Å². The maximum absolute atomic E-state index is 12.0. The van der Waals surface area contributed by atoms with Crippen LogP contribution in [0, 0.1) is 0 Å². The van der Waals surface area contributed by atoms with Crippen molar-refractivity contribution in [2.24, 2.45) is 0 Å². The third-order valence-electron chi connectivity index (χ3n) is 4.21. The Morgan fingerprint density at radius 1 is 1.08 bits per heavy atom. The molecule has 3 rings (SSSR count). The summed E-state index contributed by atoms with van der Waals surface area (Å²) in [6, 6.07) is 16.4. The maximum Gasteiger partial charge on any atom is 0.239 e. The zero-order valence-corrected chi connectivity index (χ0v) is 13.9. The minimum atomic E-state index is 0.00871. The first kappa shape index (κ1) is 16.1. The zero-order valence-electron chi connectivity index (χ0n) is 13.9. The van der Waals surface area contributed by atoms with Gasteiger partial charge in [0.25, 0.3) is 0 Å². The van der Waals surface area contributed by atoms with Crippen LogP contribution >= 0.6 is 0 Å². The van der Waals surface area contributed by atoms with Crippen molar-refractivity contribution in [2.75, 3.05) is 18.4 Å². The van der Waals surface area contributed by atoms with Crippen LogP contribution in [-0.2, 0) is 17.6 Å². The average Bonchev–Trinajstić information content (AvgIpc) is 3.04. The molecule has 0 unspecified atom stereocenters. The summed E-state index contributed by atoms with van der Waals surface area (Å²) < 4.78 is 0. The number of H-pyrrole nitrogens is 1. The highest BCUT2D eigenvalue weighted by atomic mass is 16.1. The van der Waals surface area contributed by atoms with Gasteiger partial charge in [0.2, 0.25) is 5.91 Å². The highest BCUT2D eigenvalue weighted by Crippen LogP contribution is 2.17. The maximum atomic E-state index is 12.0. The van der Waals surface area contributed by atoms with Gasteiger partial charge in [-0.05, 0) is 42.2 Å². The van der Waals surface area contributed by atoms with E-state index in [-0.39, 0.29) is 5.91 Å². The van der Waals surface area contributed by atoms with Gasteiger partial charge in [-0.3, -0.25) is 4.79 Å². The molecule has 2 aromatic carbocycles. The van der Waals surface area contributed by atoms with Crippen molar-refractivity contribution in [1.82, 2.24) is 10.3 Å². The number of para-hydroxylation sites is 1. The van der Waals surface area contributed by atoms with Gasteiger partial charge in [-0.15, -0.1) is 0 Å². The Morgan fingerprint density at radius 2 is 1.88 bits per heavy atom. The largest absolute Gasteiger partial charge is 0.376 e. The number of rotatable bonds is 7. The van der Waals surface area contributed by atoms with Gasteiger partial charge in [-0.1, -0.05) is 37.3 Å². The van der Waals surface area contributed by atoms with E-state index in [4.69, 9.17) is 0 Å². The van der Waals surface area contributed by atoms with Crippen LogP contribution in [0.25, 0.3) is 10.9 Å². The van der Waals surface area contributed by atoms with Crippen molar-refractivity contribution >= 4 is 22.5 Å². The molecule has 1 aromatic heterocycles. The Bertz CT molecular complexity index is 805. The molecule has 0 aliphatic rings. The molecule has 3 N–H and O–H groups in total. The van der Waals surface area contributed by atoms with E-state index in [1.54, 1.807) is 0 Å². The SMILES string of the molecule is CCc1ccc(NCC(=O)NCCc2c[nH]c3ccccc23)cc1. The molecule has 0 aliphatic carbocycles. The van der Waals surface area contributed by atoms with E-state index in [0.29, 0.717) is 13.1 Å². The molecule has 4 heteroatoms. The molecule has 0 fully saturated rings. The number of fused-ring (bicyclic) bond motifs is 1. The summed E-state index contributed by atoms with van der Waals surface area (Å²) in [5.74, 6) is 0.00871. The summed E-state index contributed by atoms with van der Waals surface area (Å²) in [6.45, 7) is 3.06. The number of aryl methyl sites for hydroxylation is 1. The number of hydrogen-bond donors (Lipinski definition) is 3. The average molecular weight is 321 g/mol. The molecular weight excluding hydrogens is 298 g/mol. The molecule has 1 amide bonds. The van der Waals surface area contributed by atoms with Crippen molar-refractivity contribution in [3.8, 4) is 0 Å². The molecule has 0 radical (unpaired) electrons. The van der Waals surface area contributed by atoms with Gasteiger partial charge >= 0.3 is 0 Å². The summed E-state index contributed by atoms with van der Waals surface area (Å²) in [6.07, 6.45) is 3.86. The highest BCUT2D eigenvalue weighted by Gasteiger charge is 2.04. The standard InChI is InChI=1S/C20H23N3O/c1-2-15-7-9-17(10-8-15)22-14-20(24)21-12-11-16-13-23-19-6-4-3-5-18(16)19/h3-10,13,22-23H,2,11-12,14H2,1H3,(H,21,24). The van der Waals surface area contributed by atoms with Gasteiger partial charge in [0, 0.05) is 29.3 Å². The quantitative estimate of drug-likeness (QED) is 0.624. The fourth-order valence-corrected chi connectivity index (χ4v) is 2.78. The summed E-state index contributed by atoms with van der Waals surface area (Å²) in [7, 11) is 0. The first-order valence-electron chi connectivity index (χ1n) is 8.41. The lowest BCUT2D eigenvalue weighted by molar-refractivity contribution is -0.119. The minimum absolute atomic E-state index is 0.00871. The van der Waals surface area contributed by atoms with Crippen molar-refractivity contribution in [3.63, 3.8) is 0 Å². The summed E-state index contributed by atoms with van der Waals surface area (Å²) in [5.41, 5.74) is 4.63. The second kappa shape index (κ2) is 7.68. The van der Waals surface area contributed by atoms with E-state index in [1.807, 2.05) is 30.5 Å². The van der Waals surface area contributed by atoms with E-state index < -0.39 is 0 Å². The van der Waals surface area contributed by atoms with Crippen molar-refractivity contribution in [1.29, 1.82) is 0 Å². The molecule has 0 saturated carbocycles. The lowest BCUT2D eigenvalue weighted by atomic mass is 10.1. The summed E-state index contributed by atoms with van der Waals surface area (Å²) in [4.78, 5) is 15.2. The summed E-state index contributed by atoms with van der Waals surface area (Å²) >= 11 is 0. The smallest absolute Gasteiger partial charge is 0.239 e. The molecule has 0 bridgehead atoms. The number of hydrogen-bond acceptors (Lipinski definition) is 2. The lowest BCUT2D eigenvalue weighted by Gasteiger charge is -2.08. The second-order valence-corrected chi connectivity index (χ2v) is 5.86. The fraction of sp³-hybridized carbons (Fsp3) is 0.250. The fourth-order valence-electron chi connectivity index (χ4n) is 2.78. The predicted molar refractivity (Wildman–Crippen MR) is 99.3 cm³/mol. The van der Waals surface area contributed by atoms with Crippen LogP contribution in [0.2, 0.25) is 0 Å². The van der Waals surface area contributed by atoms with Crippen molar-refractivity contribution in [3.05, 3.63) is 65.9 Å². The molecule has 0 saturated heterocycles. The normalized spacial score (nSPS) is 10.7. The molecule has 0 aliphatic heterocycles. The number of nitrogens with one attached hydrogen (secondary N) is 3. The highest BCUT2D eigenvalue weighted by molar-refractivity contribution is 5.83. The molecular formula is C20H23N3O. The Kier molecular flexibility index (Phi) is 5.16. The van der Waals surface area contributed by atoms with Crippen molar-refractivity contribution in [2.45, 2.75) is 19.8 Å². The van der Waals surface area contributed by atoms with Crippen LogP contribution in [0.4, 0.5) is 5.69 Å². The van der Waals surface area contributed by atoms with E-state index in [2.05, 4.69) is 46.8 Å². The Morgan fingerprint density at radius 3 is 2.67 bits per heavy atom. The van der Waals surface area contributed by atoms with Crippen LogP contribution in [0.1, 0.15) is 18.1 Å². The Balaban J connectivity index is 1.44. The van der Waals surface area contributed by atoms with Gasteiger partial charge in [-0.2, -0.15) is 0 Å². The van der Waals surface area contributed by atoms with E-state index in [1.165, 1.54) is 16.5 Å². The number of anilines is 1. The van der Waals surface area contributed by atoms with Crippen LogP contribution in [0.5, 0.6) is 0 Å². The number of aromatic amines is 1. The molecule has 0 atom stereocenters. The van der Waals surface area contributed by atoms with Gasteiger partial charge in [0.1, 0.15) is 0 Å². The summed E-state index contributed by atoms with van der Waals surface area (Å²) in [5, 5.41) is 7.34. The third-order valence-corrected chi connectivity index (χ3v) is 4.21. The number of aromatic nitrogens is 1. The van der Waals surface area contributed by atoms with E-state index in [0.717, 1.165) is 24.0 Å². The van der Waals surface area contributed by atoms with Gasteiger partial charge in [0.05, 0.1) is 6.54 Å². The van der Waals surface area contributed by atoms with Gasteiger partial charge in [0.15, 0.2) is 0 Å². The minimum Gasteiger partial charge on any atom is -0.376 e. The van der Waals surface area contributed by atoms with E-state index in [9.17, 15) is 4.79 Å². The van der Waals surface area contributed by atoms with Crippen LogP contribution in [-0.4, -0.2) is 24.0 Å². The van der Waals surface area contributed by atoms with E-state index >= 15 is 0 Å². The Labute approximate surface area is 142 Å². The molecule has 3 aromatic rings. The molecule has 1 heterocycles. The van der Waals surface area contributed by atoms with Crippen LogP contribution in [0.3, 0.4) is 0 Å². The molecule has 0 spiro atoms. The molecule has 24 heavy (non-hydrogen) atoms. The lowest BCUT2D eigenvalue weighted by Crippen LogP contribution is -2.31. The molecule has 124 valence electrons.